The smallest absolute Gasteiger partial charge is 0.0725 e. The predicted octanol–water partition coefficient (Wildman–Crippen LogP) is 1.95. The van der Waals surface area contributed by atoms with E-state index in [4.69, 9.17) is 0 Å². The van der Waals surface area contributed by atoms with Gasteiger partial charge in [0.15, 0.2) is 0 Å². The summed E-state index contributed by atoms with van der Waals surface area (Å²) in [5, 5.41) is 6.72. The zero-order valence-corrected chi connectivity index (χ0v) is 8.51. The lowest BCUT2D eigenvalue weighted by Crippen LogP contribution is -2.23. The molecule has 0 spiro atoms. The van der Waals surface area contributed by atoms with Crippen LogP contribution in [-0.2, 0) is 6.54 Å². The molecule has 0 amide bonds. The number of rotatable bonds is 3. The molecular weight excluding hydrogens is 172 g/mol. The fourth-order valence-corrected chi connectivity index (χ4v) is 1.94. The molecule has 0 bridgehead atoms. The number of benzene rings is 1. The van der Waals surface area contributed by atoms with Gasteiger partial charge in [0, 0.05) is 18.8 Å². The van der Waals surface area contributed by atoms with Gasteiger partial charge in [0.25, 0.3) is 0 Å². The van der Waals surface area contributed by atoms with Crippen LogP contribution >= 0.6 is 0 Å². The van der Waals surface area contributed by atoms with Gasteiger partial charge in [-0.05, 0) is 18.1 Å². The molecule has 1 aromatic carbocycles. The Hall–Kier alpha value is -1.28. The van der Waals surface area contributed by atoms with Crippen molar-refractivity contribution in [1.29, 1.82) is 0 Å². The van der Waals surface area contributed by atoms with Gasteiger partial charge < -0.3 is 10.6 Å². The van der Waals surface area contributed by atoms with Gasteiger partial charge in [-0.15, -0.1) is 0 Å². The van der Waals surface area contributed by atoms with Gasteiger partial charge >= 0.3 is 0 Å². The minimum absolute atomic E-state index is 0.283. The molecule has 0 aliphatic carbocycles. The van der Waals surface area contributed by atoms with Crippen molar-refractivity contribution >= 4 is 0 Å². The lowest BCUT2D eigenvalue weighted by molar-refractivity contribution is 0.610. The third-order valence-corrected chi connectivity index (χ3v) is 2.62. The van der Waals surface area contributed by atoms with E-state index in [-0.39, 0.29) is 6.04 Å². The third-order valence-electron chi connectivity index (χ3n) is 2.62. The molecule has 0 saturated carbocycles. The van der Waals surface area contributed by atoms with Gasteiger partial charge in [0.2, 0.25) is 0 Å². The number of likely N-dealkylation sites (N-methyl/N-ethyl adjacent to an activating group) is 1. The van der Waals surface area contributed by atoms with E-state index in [1.165, 1.54) is 11.1 Å². The van der Waals surface area contributed by atoms with Crippen LogP contribution < -0.4 is 10.6 Å². The Balaban J connectivity index is 2.21. The lowest BCUT2D eigenvalue weighted by Gasteiger charge is -2.16. The predicted molar refractivity (Wildman–Crippen MR) is 58.8 cm³/mol. The Kier molecular flexibility index (Phi) is 2.55. The van der Waals surface area contributed by atoms with E-state index in [2.05, 4.69) is 48.4 Å². The zero-order valence-electron chi connectivity index (χ0n) is 8.51. The minimum Gasteiger partial charge on any atom is -0.388 e. The first-order chi connectivity index (χ1) is 6.83. The van der Waals surface area contributed by atoms with Gasteiger partial charge in [0.05, 0.1) is 6.04 Å². The molecule has 2 heteroatoms. The summed E-state index contributed by atoms with van der Waals surface area (Å²) >= 11 is 0. The van der Waals surface area contributed by atoms with Crippen LogP contribution in [0.1, 0.15) is 24.1 Å². The Morgan fingerprint density at radius 3 is 3.14 bits per heavy atom. The van der Waals surface area contributed by atoms with Crippen LogP contribution in [0.4, 0.5) is 0 Å². The van der Waals surface area contributed by atoms with Gasteiger partial charge in [0.1, 0.15) is 0 Å². The normalized spacial score (nSPS) is 19.1. The summed E-state index contributed by atoms with van der Waals surface area (Å²) in [4.78, 5) is 0. The molecule has 2 rings (SSSR count). The summed E-state index contributed by atoms with van der Waals surface area (Å²) in [6.07, 6.45) is 0. The lowest BCUT2D eigenvalue weighted by atomic mass is 10.0. The molecule has 1 aliphatic heterocycles. The first-order valence-electron chi connectivity index (χ1n) is 5.06. The van der Waals surface area contributed by atoms with Crippen molar-refractivity contribution in [1.82, 2.24) is 10.6 Å². The summed E-state index contributed by atoms with van der Waals surface area (Å²) < 4.78 is 0. The van der Waals surface area contributed by atoms with E-state index in [1.807, 2.05) is 0 Å². The summed E-state index contributed by atoms with van der Waals surface area (Å²) in [6.45, 7) is 8.02. The molecule has 0 aromatic heterocycles. The third kappa shape index (κ3) is 1.53. The monoisotopic (exact) mass is 188 g/mol. The Morgan fingerprint density at radius 2 is 2.36 bits per heavy atom. The molecule has 0 unspecified atom stereocenters. The highest BCUT2D eigenvalue weighted by Crippen LogP contribution is 2.28. The molecule has 1 aromatic rings. The molecule has 1 atom stereocenters. The van der Waals surface area contributed by atoms with Crippen molar-refractivity contribution in [3.05, 3.63) is 47.7 Å². The average molecular weight is 188 g/mol. The van der Waals surface area contributed by atoms with Crippen LogP contribution in [0.25, 0.3) is 0 Å². The van der Waals surface area contributed by atoms with Crippen LogP contribution in [0.5, 0.6) is 0 Å². The second kappa shape index (κ2) is 3.84. The van der Waals surface area contributed by atoms with Crippen molar-refractivity contribution in [3.8, 4) is 0 Å². The number of fused-ring (bicyclic) bond motifs is 1. The molecule has 2 nitrogen and oxygen atoms in total. The molecule has 1 aliphatic rings. The SMILES string of the molecule is C=C(NCC)[C@@H]1NCc2ccccc21. The van der Waals surface area contributed by atoms with E-state index < -0.39 is 0 Å². The highest BCUT2D eigenvalue weighted by molar-refractivity contribution is 5.38. The summed E-state index contributed by atoms with van der Waals surface area (Å²) in [7, 11) is 0. The van der Waals surface area contributed by atoms with Crippen molar-refractivity contribution in [3.63, 3.8) is 0 Å². The number of nitrogens with one attached hydrogen (secondary N) is 2. The Labute approximate surface area is 85.0 Å². The van der Waals surface area contributed by atoms with Crippen molar-refractivity contribution in [2.24, 2.45) is 0 Å². The van der Waals surface area contributed by atoms with Crippen molar-refractivity contribution in [2.45, 2.75) is 19.5 Å². The van der Waals surface area contributed by atoms with Crippen LogP contribution in [0.2, 0.25) is 0 Å². The van der Waals surface area contributed by atoms with Gasteiger partial charge in [-0.1, -0.05) is 30.8 Å². The fourth-order valence-electron chi connectivity index (χ4n) is 1.94. The molecular formula is C12H16N2. The summed E-state index contributed by atoms with van der Waals surface area (Å²) in [5.74, 6) is 0. The molecule has 0 saturated heterocycles. The van der Waals surface area contributed by atoms with Crippen LogP contribution in [0, 0.1) is 0 Å². The second-order valence-electron chi connectivity index (χ2n) is 3.57. The van der Waals surface area contributed by atoms with Crippen LogP contribution in [0.15, 0.2) is 36.5 Å². The quantitative estimate of drug-likeness (QED) is 0.757. The standard InChI is InChI=1S/C12H16N2/c1-3-13-9(2)12-11-7-5-4-6-10(11)8-14-12/h4-7,12-14H,2-3,8H2,1H3/t12-/m0/s1. The Morgan fingerprint density at radius 1 is 1.57 bits per heavy atom. The van der Waals surface area contributed by atoms with E-state index in [0.29, 0.717) is 0 Å². The first-order valence-corrected chi connectivity index (χ1v) is 5.06. The van der Waals surface area contributed by atoms with Gasteiger partial charge in [-0.3, -0.25) is 0 Å². The molecule has 0 fully saturated rings. The maximum Gasteiger partial charge on any atom is 0.0725 e. The van der Waals surface area contributed by atoms with Crippen molar-refractivity contribution in [2.75, 3.05) is 6.54 Å². The van der Waals surface area contributed by atoms with E-state index in [1.54, 1.807) is 0 Å². The van der Waals surface area contributed by atoms with E-state index in [0.717, 1.165) is 18.8 Å². The molecule has 14 heavy (non-hydrogen) atoms. The molecule has 2 N–H and O–H groups in total. The maximum absolute atomic E-state index is 4.05. The number of hydrogen-bond donors (Lipinski definition) is 2. The zero-order chi connectivity index (χ0) is 9.97. The fraction of sp³-hybridized carbons (Fsp3) is 0.333. The minimum atomic E-state index is 0.283. The van der Waals surface area contributed by atoms with E-state index in [9.17, 15) is 0 Å². The highest BCUT2D eigenvalue weighted by Gasteiger charge is 2.22. The molecule has 0 radical (unpaired) electrons. The first kappa shape index (κ1) is 9.28. The van der Waals surface area contributed by atoms with Crippen LogP contribution in [-0.4, -0.2) is 6.54 Å². The average Bonchev–Trinajstić information content (AvgIpc) is 2.61. The Bertz CT molecular complexity index is 344. The second-order valence-corrected chi connectivity index (χ2v) is 3.57. The van der Waals surface area contributed by atoms with Crippen molar-refractivity contribution < 1.29 is 0 Å². The molecule has 74 valence electrons. The van der Waals surface area contributed by atoms with Gasteiger partial charge in [-0.2, -0.15) is 0 Å². The highest BCUT2D eigenvalue weighted by atomic mass is 15.0. The summed E-state index contributed by atoms with van der Waals surface area (Å²) in [6, 6.07) is 8.78. The molecule has 1 heterocycles. The largest absolute Gasteiger partial charge is 0.388 e. The summed E-state index contributed by atoms with van der Waals surface area (Å²) in [5.41, 5.74) is 3.81. The topological polar surface area (TPSA) is 24.1 Å². The maximum atomic E-state index is 4.05. The van der Waals surface area contributed by atoms with Crippen LogP contribution in [0.3, 0.4) is 0 Å². The van der Waals surface area contributed by atoms with E-state index >= 15 is 0 Å². The van der Waals surface area contributed by atoms with Gasteiger partial charge in [-0.25, -0.2) is 0 Å². The number of hydrogen-bond acceptors (Lipinski definition) is 2.